The van der Waals surface area contributed by atoms with Crippen LogP contribution < -0.4 is 21.3 Å². The highest BCUT2D eigenvalue weighted by atomic mass is 32.1. The van der Waals surface area contributed by atoms with Crippen molar-refractivity contribution in [2.45, 2.75) is 50.7 Å². The van der Waals surface area contributed by atoms with Gasteiger partial charge in [0.15, 0.2) is 11.7 Å². The fourth-order valence-electron chi connectivity index (χ4n) is 4.90. The zero-order chi connectivity index (χ0) is 27.9. The van der Waals surface area contributed by atoms with Crippen molar-refractivity contribution in [2.24, 2.45) is 0 Å². The van der Waals surface area contributed by atoms with Crippen molar-refractivity contribution in [3.63, 3.8) is 0 Å². The van der Waals surface area contributed by atoms with E-state index in [0.717, 1.165) is 42.8 Å². The predicted octanol–water partition coefficient (Wildman–Crippen LogP) is 5.55. The molecule has 8 nitrogen and oxygen atoms in total. The van der Waals surface area contributed by atoms with Crippen molar-refractivity contribution >= 4 is 52.0 Å². The lowest BCUT2D eigenvalue weighted by Gasteiger charge is -2.30. The summed E-state index contributed by atoms with van der Waals surface area (Å²) in [5, 5.41) is 7.89. The first-order chi connectivity index (χ1) is 19.5. The van der Waals surface area contributed by atoms with Gasteiger partial charge in [-0.15, -0.1) is 11.3 Å². The first-order valence-electron chi connectivity index (χ1n) is 13.3. The van der Waals surface area contributed by atoms with Crippen molar-refractivity contribution in [1.29, 1.82) is 0 Å². The average molecular weight is 574 g/mol. The fourth-order valence-corrected chi connectivity index (χ4v) is 6.45. The summed E-state index contributed by atoms with van der Waals surface area (Å²) in [5.74, 6) is -1.20. The molecule has 1 fully saturated rings. The van der Waals surface area contributed by atoms with Crippen molar-refractivity contribution in [2.75, 3.05) is 10.6 Å². The number of carbonyl (C=O) groups is 3. The monoisotopic (exact) mass is 573 g/mol. The number of nitrogens with one attached hydrogen (secondary N) is 2. The fraction of sp³-hybridized carbons (Fsp3) is 0.267. The number of amides is 3. The highest BCUT2D eigenvalue weighted by Crippen LogP contribution is 2.35. The summed E-state index contributed by atoms with van der Waals surface area (Å²) in [7, 11) is 0. The van der Waals surface area contributed by atoms with E-state index >= 15 is 0 Å². The van der Waals surface area contributed by atoms with Gasteiger partial charge in [-0.25, -0.2) is 0 Å². The summed E-state index contributed by atoms with van der Waals surface area (Å²) < 4.78 is 4.28. The van der Waals surface area contributed by atoms with E-state index in [2.05, 4.69) is 15.0 Å². The number of carbonyl (C=O) groups excluding carboxylic acids is 3. The smallest absolute Gasteiger partial charge is 0.273 e. The average Bonchev–Trinajstić information content (AvgIpc) is 3.66. The minimum absolute atomic E-state index is 0.0267. The molecule has 2 heterocycles. The molecule has 5 rings (SSSR count). The Morgan fingerprint density at radius 2 is 1.65 bits per heavy atom. The van der Waals surface area contributed by atoms with Crippen LogP contribution in [0.5, 0.6) is 0 Å². The molecular formula is C30H31N5O3S2. The molecule has 40 heavy (non-hydrogen) atoms. The van der Waals surface area contributed by atoms with Crippen LogP contribution in [0.2, 0.25) is 0 Å². The predicted molar refractivity (Wildman–Crippen MR) is 159 cm³/mol. The number of para-hydroxylation sites is 1. The summed E-state index contributed by atoms with van der Waals surface area (Å²) >= 11 is 2.27. The number of thiophene rings is 1. The van der Waals surface area contributed by atoms with Gasteiger partial charge >= 0.3 is 0 Å². The Kier molecular flexibility index (Phi) is 8.87. The number of benzene rings is 2. The first-order valence-corrected chi connectivity index (χ1v) is 15.0. The largest absolute Gasteiger partial charge is 0.395 e. The van der Waals surface area contributed by atoms with E-state index in [1.54, 1.807) is 12.1 Å². The van der Waals surface area contributed by atoms with E-state index in [9.17, 15) is 14.4 Å². The van der Waals surface area contributed by atoms with Gasteiger partial charge in [-0.3, -0.25) is 19.3 Å². The molecule has 1 saturated carbocycles. The molecule has 4 aromatic rings. The first kappa shape index (κ1) is 27.5. The Labute approximate surface area is 241 Å². The summed E-state index contributed by atoms with van der Waals surface area (Å²) in [5.41, 5.74) is 7.95. The molecule has 0 saturated heterocycles. The van der Waals surface area contributed by atoms with Gasteiger partial charge in [0.1, 0.15) is 4.88 Å². The van der Waals surface area contributed by atoms with Crippen LogP contribution in [0, 0.1) is 0 Å². The van der Waals surface area contributed by atoms with Gasteiger partial charge < -0.3 is 16.4 Å². The zero-order valence-electron chi connectivity index (χ0n) is 21.9. The molecule has 0 spiro atoms. The molecule has 1 aliphatic rings. The van der Waals surface area contributed by atoms with E-state index < -0.39 is 11.9 Å². The molecule has 3 amide bonds. The normalized spacial score (nSPS) is 14.3. The maximum absolute atomic E-state index is 14.2. The Morgan fingerprint density at radius 3 is 2.33 bits per heavy atom. The van der Waals surface area contributed by atoms with Crippen LogP contribution >= 0.6 is 22.9 Å². The number of nitrogen functional groups attached to an aromatic ring is 1. The number of hydrogen-bond donors (Lipinski definition) is 3. The molecule has 0 unspecified atom stereocenters. The third kappa shape index (κ3) is 6.24. The number of nitrogens with zero attached hydrogens (tertiary/aromatic N) is 2. The van der Waals surface area contributed by atoms with Gasteiger partial charge in [0, 0.05) is 23.2 Å². The van der Waals surface area contributed by atoms with Crippen molar-refractivity contribution < 1.29 is 14.4 Å². The second kappa shape index (κ2) is 12.9. The van der Waals surface area contributed by atoms with Gasteiger partial charge in [0.2, 0.25) is 5.91 Å². The molecule has 1 aliphatic carbocycles. The summed E-state index contributed by atoms with van der Waals surface area (Å²) in [6.45, 7) is 0.312. The molecule has 0 aliphatic heterocycles. The highest BCUT2D eigenvalue weighted by molar-refractivity contribution is 7.10. The van der Waals surface area contributed by atoms with Gasteiger partial charge in [0.25, 0.3) is 11.8 Å². The summed E-state index contributed by atoms with van der Waals surface area (Å²) in [6.07, 6.45) is 5.16. The third-order valence-electron chi connectivity index (χ3n) is 6.96. The zero-order valence-corrected chi connectivity index (χ0v) is 23.5. The van der Waals surface area contributed by atoms with Crippen LogP contribution in [0.3, 0.4) is 0 Å². The van der Waals surface area contributed by atoms with Crippen molar-refractivity contribution in [3.05, 3.63) is 99.2 Å². The van der Waals surface area contributed by atoms with Crippen LogP contribution in [0.1, 0.15) is 68.7 Å². The van der Waals surface area contributed by atoms with Crippen LogP contribution in [0.4, 0.5) is 11.4 Å². The van der Waals surface area contributed by atoms with E-state index in [4.69, 9.17) is 5.73 Å². The Balaban J connectivity index is 1.46. The van der Waals surface area contributed by atoms with Gasteiger partial charge in [-0.05, 0) is 53.5 Å². The van der Waals surface area contributed by atoms with E-state index in [0.29, 0.717) is 17.1 Å². The van der Waals surface area contributed by atoms with Crippen LogP contribution in [0.15, 0.2) is 78.2 Å². The maximum Gasteiger partial charge on any atom is 0.273 e. The molecule has 0 radical (unpaired) electrons. The molecule has 4 N–H and O–H groups in total. The second-order valence-electron chi connectivity index (χ2n) is 9.71. The highest BCUT2D eigenvalue weighted by Gasteiger charge is 2.36. The van der Waals surface area contributed by atoms with Gasteiger partial charge in [-0.2, -0.15) is 4.37 Å². The lowest BCUT2D eigenvalue weighted by molar-refractivity contribution is -0.122. The molecule has 1 atom stereocenters. The van der Waals surface area contributed by atoms with Gasteiger partial charge in [0.05, 0.1) is 5.69 Å². The minimum Gasteiger partial charge on any atom is -0.395 e. The number of rotatable bonds is 9. The Bertz CT molecular complexity index is 1430. The van der Waals surface area contributed by atoms with Crippen LogP contribution in [-0.4, -0.2) is 28.1 Å². The summed E-state index contributed by atoms with van der Waals surface area (Å²) in [6, 6.07) is 21.4. The lowest BCUT2D eigenvalue weighted by atomic mass is 9.95. The minimum atomic E-state index is -0.959. The molecule has 206 valence electrons. The molecule has 0 bridgehead atoms. The Hall–Kier alpha value is -4.02. The quantitative estimate of drug-likeness (QED) is 0.243. The number of anilines is 2. The number of nitrogens with two attached hydrogens (primary N) is 1. The molecule has 2 aromatic heterocycles. The van der Waals surface area contributed by atoms with Crippen LogP contribution in [-0.2, 0) is 11.3 Å². The second-order valence-corrected chi connectivity index (χ2v) is 11.5. The number of hydrogen-bond acceptors (Lipinski definition) is 7. The molecule has 2 aromatic carbocycles. The summed E-state index contributed by atoms with van der Waals surface area (Å²) in [4.78, 5) is 43.3. The van der Waals surface area contributed by atoms with E-state index in [1.165, 1.54) is 22.7 Å². The molecular weight excluding hydrogens is 542 g/mol. The van der Waals surface area contributed by atoms with Crippen LogP contribution in [0.25, 0.3) is 0 Å². The third-order valence-corrected chi connectivity index (χ3v) is 8.74. The van der Waals surface area contributed by atoms with E-state index in [1.807, 2.05) is 66.0 Å². The Morgan fingerprint density at radius 1 is 0.950 bits per heavy atom. The number of aromatic nitrogens is 1. The SMILES string of the molecule is Nc1c(C(=O)NC2CCCCC2)nsc1C(=O)N(c1ccccc1)[C@@H](C(=O)NCc1ccccc1)c1cccs1. The van der Waals surface area contributed by atoms with Crippen molar-refractivity contribution in [1.82, 2.24) is 15.0 Å². The molecule has 10 heteroatoms. The lowest BCUT2D eigenvalue weighted by Crippen LogP contribution is -2.43. The maximum atomic E-state index is 14.2. The van der Waals surface area contributed by atoms with Gasteiger partial charge in [-0.1, -0.05) is 73.9 Å². The topological polar surface area (TPSA) is 117 Å². The van der Waals surface area contributed by atoms with Crippen molar-refractivity contribution in [3.8, 4) is 0 Å². The standard InChI is InChI=1S/C30H31N5O3S2/c31-24-25(28(36)33-21-13-6-2-7-14-21)34-40-27(24)30(38)35(22-15-8-3-9-16-22)26(23-17-10-18-39-23)29(37)32-19-20-11-4-1-5-12-20/h1,3-5,8-12,15-18,21,26H,2,6-7,13-14,19,31H2,(H,32,37)(H,33,36)/t26-/m1/s1. The van der Waals surface area contributed by atoms with E-state index in [-0.39, 0.29) is 34.1 Å².